The summed E-state index contributed by atoms with van der Waals surface area (Å²) in [5.74, 6) is 0. The second-order valence-electron chi connectivity index (χ2n) is 4.29. The van der Waals surface area contributed by atoms with Gasteiger partial charge in [-0.15, -0.1) is 11.8 Å². The first-order valence-corrected chi connectivity index (χ1v) is 6.90. The first-order valence-electron chi connectivity index (χ1n) is 5.64. The molecule has 0 aromatic heterocycles. The minimum atomic E-state index is 0.298. The van der Waals surface area contributed by atoms with Crippen molar-refractivity contribution in [3.8, 4) is 0 Å². The molecule has 0 bridgehead atoms. The van der Waals surface area contributed by atoms with Gasteiger partial charge in [-0.3, -0.25) is 0 Å². The van der Waals surface area contributed by atoms with Gasteiger partial charge < -0.3 is 11.5 Å². The number of hydrogen-bond acceptors (Lipinski definition) is 3. The van der Waals surface area contributed by atoms with Gasteiger partial charge in [0, 0.05) is 21.9 Å². The Morgan fingerprint density at radius 1 is 1.25 bits per heavy atom. The Labute approximate surface area is 106 Å². The first kappa shape index (κ1) is 12.1. The molecule has 1 fully saturated rings. The van der Waals surface area contributed by atoms with E-state index in [2.05, 4.69) is 0 Å². The van der Waals surface area contributed by atoms with Gasteiger partial charge in [0.05, 0.1) is 5.02 Å². The molecule has 2 unspecified atom stereocenters. The first-order chi connectivity index (χ1) is 7.66. The highest BCUT2D eigenvalue weighted by molar-refractivity contribution is 8.00. The van der Waals surface area contributed by atoms with E-state index in [4.69, 9.17) is 23.1 Å². The molecule has 0 aliphatic heterocycles. The lowest BCUT2D eigenvalue weighted by atomic mass is 9.96. The summed E-state index contributed by atoms with van der Waals surface area (Å²) in [4.78, 5) is 1.10. The molecule has 1 aliphatic carbocycles. The van der Waals surface area contributed by atoms with Gasteiger partial charge in [0.15, 0.2) is 0 Å². The zero-order valence-electron chi connectivity index (χ0n) is 9.16. The molecule has 88 valence electrons. The highest BCUT2D eigenvalue weighted by atomic mass is 35.5. The summed E-state index contributed by atoms with van der Waals surface area (Å²) in [6.45, 7) is 0. The van der Waals surface area contributed by atoms with Crippen LogP contribution in [0.25, 0.3) is 0 Å². The molecule has 2 nitrogen and oxygen atoms in total. The second kappa shape index (κ2) is 5.30. The van der Waals surface area contributed by atoms with Gasteiger partial charge in [-0.1, -0.05) is 24.4 Å². The van der Waals surface area contributed by atoms with Crippen LogP contribution in [0, 0.1) is 0 Å². The summed E-state index contributed by atoms with van der Waals surface area (Å²) in [5.41, 5.74) is 12.5. The van der Waals surface area contributed by atoms with Crippen molar-refractivity contribution >= 4 is 29.1 Å². The monoisotopic (exact) mass is 256 g/mol. The van der Waals surface area contributed by atoms with Crippen LogP contribution in [0.4, 0.5) is 5.69 Å². The van der Waals surface area contributed by atoms with Gasteiger partial charge in [0.2, 0.25) is 0 Å². The fraction of sp³-hybridized carbons (Fsp3) is 0.500. The van der Waals surface area contributed by atoms with E-state index in [1.54, 1.807) is 17.8 Å². The highest BCUT2D eigenvalue weighted by Gasteiger charge is 2.23. The van der Waals surface area contributed by atoms with E-state index in [0.29, 0.717) is 17.0 Å². The largest absolute Gasteiger partial charge is 0.399 e. The Kier molecular flexibility index (Phi) is 4.00. The van der Waals surface area contributed by atoms with Crippen molar-refractivity contribution in [1.82, 2.24) is 0 Å². The van der Waals surface area contributed by atoms with Crippen LogP contribution in [-0.4, -0.2) is 11.3 Å². The van der Waals surface area contributed by atoms with Crippen molar-refractivity contribution in [2.24, 2.45) is 5.73 Å². The maximum absolute atomic E-state index is 6.15. The topological polar surface area (TPSA) is 52.0 Å². The third kappa shape index (κ3) is 2.84. The molecule has 4 N–H and O–H groups in total. The molecular formula is C12H17ClN2S. The lowest BCUT2D eigenvalue weighted by molar-refractivity contribution is 0.453. The molecule has 4 heteroatoms. The van der Waals surface area contributed by atoms with Crippen LogP contribution in [0.15, 0.2) is 23.1 Å². The predicted molar refractivity (Wildman–Crippen MR) is 72.0 cm³/mol. The van der Waals surface area contributed by atoms with Crippen LogP contribution in [0.5, 0.6) is 0 Å². The summed E-state index contributed by atoms with van der Waals surface area (Å²) in [5, 5.41) is 1.23. The van der Waals surface area contributed by atoms with Gasteiger partial charge in [-0.2, -0.15) is 0 Å². The number of benzene rings is 1. The molecule has 1 aromatic rings. The van der Waals surface area contributed by atoms with Gasteiger partial charge in [0.1, 0.15) is 0 Å². The molecule has 2 rings (SSSR count). The highest BCUT2D eigenvalue weighted by Crippen LogP contribution is 2.37. The molecule has 0 spiro atoms. The molecule has 1 aromatic carbocycles. The van der Waals surface area contributed by atoms with Crippen molar-refractivity contribution in [2.75, 3.05) is 5.73 Å². The Bertz CT molecular complexity index is 370. The predicted octanol–water partition coefficient (Wildman–Crippen LogP) is 3.28. The third-order valence-electron chi connectivity index (χ3n) is 2.99. The van der Waals surface area contributed by atoms with Crippen LogP contribution in [0.2, 0.25) is 5.02 Å². The van der Waals surface area contributed by atoms with Gasteiger partial charge in [0.25, 0.3) is 0 Å². The normalized spacial score (nSPS) is 25.6. The van der Waals surface area contributed by atoms with Crippen LogP contribution >= 0.6 is 23.4 Å². The van der Waals surface area contributed by atoms with Gasteiger partial charge in [-0.05, 0) is 31.0 Å². The van der Waals surface area contributed by atoms with Crippen molar-refractivity contribution in [2.45, 2.75) is 41.9 Å². The summed E-state index contributed by atoms with van der Waals surface area (Å²) in [6.07, 6.45) is 4.85. The molecular weight excluding hydrogens is 240 g/mol. The van der Waals surface area contributed by atoms with E-state index < -0.39 is 0 Å². The third-order valence-corrected chi connectivity index (χ3v) is 4.91. The number of rotatable bonds is 2. The number of halogens is 1. The minimum absolute atomic E-state index is 0.298. The van der Waals surface area contributed by atoms with E-state index in [1.807, 2.05) is 12.1 Å². The molecule has 0 radical (unpaired) electrons. The average Bonchev–Trinajstić information content (AvgIpc) is 2.25. The molecule has 1 aliphatic rings. The SMILES string of the molecule is Nc1ccc(SC2CCCCC2N)c(Cl)c1. The molecule has 0 amide bonds. The number of thioether (sulfide) groups is 1. The average molecular weight is 257 g/mol. The number of anilines is 1. The van der Waals surface area contributed by atoms with E-state index in [9.17, 15) is 0 Å². The van der Waals surface area contributed by atoms with Gasteiger partial charge in [-0.25, -0.2) is 0 Å². The lowest BCUT2D eigenvalue weighted by Crippen LogP contribution is -2.35. The Balaban J connectivity index is 2.07. The van der Waals surface area contributed by atoms with Gasteiger partial charge >= 0.3 is 0 Å². The quantitative estimate of drug-likeness (QED) is 0.799. The zero-order chi connectivity index (χ0) is 11.5. The molecule has 16 heavy (non-hydrogen) atoms. The minimum Gasteiger partial charge on any atom is -0.399 e. The Morgan fingerprint density at radius 3 is 2.69 bits per heavy atom. The van der Waals surface area contributed by atoms with Crippen LogP contribution in [-0.2, 0) is 0 Å². The maximum atomic E-state index is 6.15. The standard InChI is InChI=1S/C12H17ClN2S/c13-9-7-8(14)5-6-11(9)16-12-4-2-1-3-10(12)15/h5-7,10,12H,1-4,14-15H2. The molecule has 1 saturated carbocycles. The van der Waals surface area contributed by atoms with Crippen LogP contribution in [0.3, 0.4) is 0 Å². The van der Waals surface area contributed by atoms with E-state index >= 15 is 0 Å². The fourth-order valence-electron chi connectivity index (χ4n) is 2.05. The summed E-state index contributed by atoms with van der Waals surface area (Å²) >= 11 is 7.95. The summed E-state index contributed by atoms with van der Waals surface area (Å²) in [6, 6.07) is 5.98. The smallest absolute Gasteiger partial charge is 0.0562 e. The van der Waals surface area contributed by atoms with E-state index in [1.165, 1.54) is 19.3 Å². The molecule has 2 atom stereocenters. The van der Waals surface area contributed by atoms with Crippen molar-refractivity contribution in [3.05, 3.63) is 23.2 Å². The summed E-state index contributed by atoms with van der Waals surface area (Å²) in [7, 11) is 0. The van der Waals surface area contributed by atoms with Crippen molar-refractivity contribution < 1.29 is 0 Å². The maximum Gasteiger partial charge on any atom is 0.0562 e. The number of nitrogens with two attached hydrogens (primary N) is 2. The Hall–Kier alpha value is -0.380. The molecule has 0 heterocycles. The lowest BCUT2D eigenvalue weighted by Gasteiger charge is -2.28. The van der Waals surface area contributed by atoms with E-state index in [-0.39, 0.29) is 0 Å². The number of nitrogen functional groups attached to an aromatic ring is 1. The zero-order valence-corrected chi connectivity index (χ0v) is 10.7. The van der Waals surface area contributed by atoms with E-state index in [0.717, 1.165) is 16.3 Å². The number of hydrogen-bond donors (Lipinski definition) is 2. The second-order valence-corrected chi connectivity index (χ2v) is 5.98. The summed E-state index contributed by atoms with van der Waals surface area (Å²) < 4.78 is 0. The van der Waals surface area contributed by atoms with Crippen molar-refractivity contribution in [3.63, 3.8) is 0 Å². The Morgan fingerprint density at radius 2 is 2.00 bits per heavy atom. The van der Waals surface area contributed by atoms with Crippen molar-refractivity contribution in [1.29, 1.82) is 0 Å². The van der Waals surface area contributed by atoms with Crippen LogP contribution in [0.1, 0.15) is 25.7 Å². The van der Waals surface area contributed by atoms with Crippen LogP contribution < -0.4 is 11.5 Å². The fourth-order valence-corrected chi connectivity index (χ4v) is 3.61. The molecule has 0 saturated heterocycles.